The molecule has 0 atom stereocenters. The molecular weight excluding hydrogens is 346 g/mol. The number of nitrogens with one attached hydrogen (secondary N) is 1. The molecule has 5 heteroatoms. The van der Waals surface area contributed by atoms with Gasteiger partial charge in [0.05, 0.1) is 5.56 Å². The fourth-order valence-electron chi connectivity index (χ4n) is 1.60. The Bertz CT molecular complexity index is 618. The fraction of sp³-hybridized carbons (Fsp3) is 0.0714. The van der Waals surface area contributed by atoms with Crippen LogP contribution < -0.4 is 5.32 Å². The van der Waals surface area contributed by atoms with Crippen molar-refractivity contribution in [3.05, 3.63) is 63.1 Å². The summed E-state index contributed by atoms with van der Waals surface area (Å²) in [5.41, 5.74) is 1.44. The zero-order chi connectivity index (χ0) is 13.8. The minimum Gasteiger partial charge on any atom is -0.348 e. The fourth-order valence-corrected chi connectivity index (χ4v) is 2.43. The molecule has 2 aromatic rings. The van der Waals surface area contributed by atoms with Gasteiger partial charge in [-0.2, -0.15) is 0 Å². The summed E-state index contributed by atoms with van der Waals surface area (Å²) in [6.07, 6.45) is 0. The number of benzene rings is 2. The van der Waals surface area contributed by atoms with Crippen LogP contribution in [0.4, 0.5) is 0 Å². The quantitative estimate of drug-likeness (QED) is 0.788. The molecule has 0 aliphatic rings. The van der Waals surface area contributed by atoms with Crippen LogP contribution in [0.25, 0.3) is 0 Å². The lowest BCUT2D eigenvalue weighted by molar-refractivity contribution is 0.0950. The number of amides is 1. The first kappa shape index (κ1) is 14.4. The summed E-state index contributed by atoms with van der Waals surface area (Å²) in [5, 5.41) is 3.48. The number of thiol groups is 1. The van der Waals surface area contributed by atoms with Crippen molar-refractivity contribution in [1.29, 1.82) is 0 Å². The molecule has 0 unspecified atom stereocenters. The first-order valence-corrected chi connectivity index (χ1v) is 7.20. The van der Waals surface area contributed by atoms with Gasteiger partial charge >= 0.3 is 0 Å². The second-order valence-electron chi connectivity index (χ2n) is 3.94. The van der Waals surface area contributed by atoms with Gasteiger partial charge in [0.25, 0.3) is 5.91 Å². The maximum atomic E-state index is 12.1. The Hall–Kier alpha value is -0.970. The number of carbonyl (C=O) groups excluding carboxylic acids is 1. The van der Waals surface area contributed by atoms with Crippen molar-refractivity contribution in [2.75, 3.05) is 0 Å². The Balaban J connectivity index is 2.10. The highest BCUT2D eigenvalue weighted by Gasteiger charge is 2.10. The molecule has 0 bridgehead atoms. The van der Waals surface area contributed by atoms with Crippen LogP contribution in [0, 0.1) is 0 Å². The number of hydrogen-bond donors (Lipinski definition) is 2. The smallest absolute Gasteiger partial charge is 0.252 e. The van der Waals surface area contributed by atoms with Gasteiger partial charge < -0.3 is 5.32 Å². The number of hydrogen-bond acceptors (Lipinski definition) is 2. The molecule has 0 fully saturated rings. The Morgan fingerprint density at radius 2 is 2.00 bits per heavy atom. The molecule has 19 heavy (non-hydrogen) atoms. The third-order valence-electron chi connectivity index (χ3n) is 2.59. The van der Waals surface area contributed by atoms with E-state index in [1.165, 1.54) is 0 Å². The van der Waals surface area contributed by atoms with Crippen LogP contribution in [-0.2, 0) is 6.54 Å². The molecule has 2 nitrogen and oxygen atoms in total. The topological polar surface area (TPSA) is 29.1 Å². The molecule has 1 amide bonds. The predicted molar refractivity (Wildman–Crippen MR) is 84.0 cm³/mol. The average molecular weight is 357 g/mol. The van der Waals surface area contributed by atoms with Crippen molar-refractivity contribution in [2.45, 2.75) is 11.4 Å². The molecule has 2 aromatic carbocycles. The molecule has 2 rings (SSSR count). The normalized spacial score (nSPS) is 10.3. The average Bonchev–Trinajstić information content (AvgIpc) is 2.40. The molecule has 98 valence electrons. The molecule has 0 aliphatic heterocycles. The highest BCUT2D eigenvalue weighted by atomic mass is 79.9. The van der Waals surface area contributed by atoms with E-state index in [1.54, 1.807) is 18.2 Å². The van der Waals surface area contributed by atoms with E-state index >= 15 is 0 Å². The monoisotopic (exact) mass is 355 g/mol. The van der Waals surface area contributed by atoms with Gasteiger partial charge in [0, 0.05) is 20.9 Å². The molecule has 0 saturated heterocycles. The standard InChI is InChI=1S/C14H11BrClNOS/c15-12-6-5-10(19)7-11(12)14(18)17-8-9-3-1-2-4-13(9)16/h1-7,19H,8H2,(H,17,18). The maximum absolute atomic E-state index is 12.1. The lowest BCUT2D eigenvalue weighted by Crippen LogP contribution is -2.23. The first-order valence-electron chi connectivity index (χ1n) is 5.58. The van der Waals surface area contributed by atoms with Crippen molar-refractivity contribution in [2.24, 2.45) is 0 Å². The Morgan fingerprint density at radius 1 is 1.26 bits per heavy atom. The van der Waals surface area contributed by atoms with Crippen LogP contribution in [-0.4, -0.2) is 5.91 Å². The van der Waals surface area contributed by atoms with Crippen molar-refractivity contribution >= 4 is 46.1 Å². The Morgan fingerprint density at radius 3 is 2.74 bits per heavy atom. The SMILES string of the molecule is O=C(NCc1ccccc1Cl)c1cc(S)ccc1Br. The summed E-state index contributed by atoms with van der Waals surface area (Å²) >= 11 is 13.6. The molecule has 1 N–H and O–H groups in total. The molecular formula is C14H11BrClNOS. The van der Waals surface area contributed by atoms with Gasteiger partial charge in [-0.1, -0.05) is 29.8 Å². The Labute approximate surface area is 130 Å². The molecule has 0 aliphatic carbocycles. The lowest BCUT2D eigenvalue weighted by Gasteiger charge is -2.08. The van der Waals surface area contributed by atoms with E-state index in [9.17, 15) is 4.79 Å². The van der Waals surface area contributed by atoms with Gasteiger partial charge in [0.2, 0.25) is 0 Å². The molecule has 0 heterocycles. The van der Waals surface area contributed by atoms with Gasteiger partial charge in [-0.25, -0.2) is 0 Å². The van der Waals surface area contributed by atoms with Crippen molar-refractivity contribution < 1.29 is 4.79 Å². The summed E-state index contributed by atoms with van der Waals surface area (Å²) in [6.45, 7) is 0.391. The third-order valence-corrected chi connectivity index (χ3v) is 3.93. The third kappa shape index (κ3) is 3.75. The van der Waals surface area contributed by atoms with Crippen LogP contribution >= 0.6 is 40.2 Å². The zero-order valence-electron chi connectivity index (χ0n) is 9.86. The maximum Gasteiger partial charge on any atom is 0.252 e. The minimum atomic E-state index is -0.164. The zero-order valence-corrected chi connectivity index (χ0v) is 13.1. The summed E-state index contributed by atoms with van der Waals surface area (Å²) < 4.78 is 0.738. The van der Waals surface area contributed by atoms with Gasteiger partial charge in [-0.3, -0.25) is 4.79 Å². The van der Waals surface area contributed by atoms with E-state index in [2.05, 4.69) is 33.9 Å². The van der Waals surface area contributed by atoms with Crippen LogP contribution in [0.3, 0.4) is 0 Å². The Kier molecular flexibility index (Phi) is 4.91. The first-order chi connectivity index (χ1) is 9.08. The van der Waals surface area contributed by atoms with Crippen molar-refractivity contribution in [1.82, 2.24) is 5.32 Å². The molecule has 0 radical (unpaired) electrons. The van der Waals surface area contributed by atoms with Gasteiger partial charge in [-0.15, -0.1) is 12.6 Å². The summed E-state index contributed by atoms with van der Waals surface area (Å²) in [4.78, 5) is 12.8. The van der Waals surface area contributed by atoms with E-state index in [4.69, 9.17) is 11.6 Å². The van der Waals surface area contributed by atoms with Crippen molar-refractivity contribution in [3.8, 4) is 0 Å². The number of carbonyl (C=O) groups is 1. The summed E-state index contributed by atoms with van der Waals surface area (Å²) in [5.74, 6) is -0.164. The lowest BCUT2D eigenvalue weighted by atomic mass is 10.2. The second-order valence-corrected chi connectivity index (χ2v) is 5.72. The van der Waals surface area contributed by atoms with Gasteiger partial charge in [0.15, 0.2) is 0 Å². The highest BCUT2D eigenvalue weighted by molar-refractivity contribution is 9.10. The largest absolute Gasteiger partial charge is 0.348 e. The molecule has 0 spiro atoms. The minimum absolute atomic E-state index is 0.164. The van der Waals surface area contributed by atoms with Crippen LogP contribution in [0.1, 0.15) is 15.9 Å². The second kappa shape index (κ2) is 6.46. The van der Waals surface area contributed by atoms with Crippen LogP contribution in [0.5, 0.6) is 0 Å². The van der Waals surface area contributed by atoms with E-state index in [1.807, 2.05) is 24.3 Å². The molecule has 0 aromatic heterocycles. The van der Waals surface area contributed by atoms with E-state index in [-0.39, 0.29) is 5.91 Å². The molecule has 0 saturated carbocycles. The highest BCUT2D eigenvalue weighted by Crippen LogP contribution is 2.20. The number of rotatable bonds is 3. The van der Waals surface area contributed by atoms with E-state index in [0.29, 0.717) is 17.1 Å². The summed E-state index contributed by atoms with van der Waals surface area (Å²) in [7, 11) is 0. The van der Waals surface area contributed by atoms with Crippen LogP contribution in [0.2, 0.25) is 5.02 Å². The van der Waals surface area contributed by atoms with Gasteiger partial charge in [-0.05, 0) is 45.8 Å². The van der Waals surface area contributed by atoms with E-state index < -0.39 is 0 Å². The van der Waals surface area contributed by atoms with Crippen molar-refractivity contribution in [3.63, 3.8) is 0 Å². The van der Waals surface area contributed by atoms with Gasteiger partial charge in [0.1, 0.15) is 0 Å². The van der Waals surface area contributed by atoms with E-state index in [0.717, 1.165) is 14.9 Å². The van der Waals surface area contributed by atoms with Crippen LogP contribution in [0.15, 0.2) is 51.8 Å². The predicted octanol–water partition coefficient (Wildman–Crippen LogP) is 4.32. The summed E-state index contributed by atoms with van der Waals surface area (Å²) in [6, 6.07) is 12.8. The number of halogens is 2.